The Morgan fingerprint density at radius 2 is 1.85 bits per heavy atom. The van der Waals surface area contributed by atoms with Gasteiger partial charge in [-0.25, -0.2) is 14.8 Å². The maximum atomic E-state index is 13.6. The summed E-state index contributed by atoms with van der Waals surface area (Å²) in [6.45, 7) is 3.67. The molecule has 0 aromatic carbocycles. The molecule has 34 heavy (non-hydrogen) atoms. The quantitative estimate of drug-likeness (QED) is 0.507. The van der Waals surface area contributed by atoms with Crippen molar-refractivity contribution >= 4 is 23.4 Å². The molecule has 1 fully saturated rings. The molecule has 2 aliphatic heterocycles. The van der Waals surface area contributed by atoms with Gasteiger partial charge in [-0.2, -0.15) is 5.10 Å². The van der Waals surface area contributed by atoms with E-state index in [9.17, 15) is 4.79 Å². The van der Waals surface area contributed by atoms with Crippen molar-refractivity contribution in [3.63, 3.8) is 0 Å². The second-order valence-electron chi connectivity index (χ2n) is 8.72. The third kappa shape index (κ3) is 3.55. The number of rotatable bonds is 3. The molecular formula is C25H24N8O. The molecule has 9 heteroatoms. The van der Waals surface area contributed by atoms with E-state index < -0.39 is 0 Å². The summed E-state index contributed by atoms with van der Waals surface area (Å²) in [5, 5.41) is 7.44. The Morgan fingerprint density at radius 1 is 1.03 bits per heavy atom. The third-order valence-corrected chi connectivity index (χ3v) is 6.37. The number of nitrogens with zero attached hydrogens (tertiary/aromatic N) is 7. The zero-order valence-corrected chi connectivity index (χ0v) is 19.0. The number of hydrogen-bond acceptors (Lipinski definition) is 6. The molecule has 2 aliphatic rings. The molecule has 9 nitrogen and oxygen atoms in total. The van der Waals surface area contributed by atoms with Gasteiger partial charge in [-0.3, -0.25) is 19.9 Å². The van der Waals surface area contributed by atoms with Gasteiger partial charge in [-0.15, -0.1) is 0 Å². The number of fused-ring (bicyclic) bond motifs is 4. The highest BCUT2D eigenvalue weighted by Crippen LogP contribution is 2.40. The molecule has 4 aromatic rings. The van der Waals surface area contributed by atoms with E-state index in [1.807, 2.05) is 56.6 Å². The Hall–Kier alpha value is -4.27. The van der Waals surface area contributed by atoms with Gasteiger partial charge in [-0.05, 0) is 55.8 Å². The van der Waals surface area contributed by atoms with Crippen molar-refractivity contribution in [2.24, 2.45) is 7.05 Å². The van der Waals surface area contributed by atoms with E-state index in [-0.39, 0.29) is 12.1 Å². The lowest BCUT2D eigenvalue weighted by Crippen LogP contribution is -2.48. The van der Waals surface area contributed by atoms with Gasteiger partial charge in [0.1, 0.15) is 5.82 Å². The van der Waals surface area contributed by atoms with Crippen LogP contribution in [0.1, 0.15) is 12.1 Å². The molecule has 1 saturated heterocycles. The number of aryl methyl sites for hydroxylation is 2. The van der Waals surface area contributed by atoms with E-state index in [0.717, 1.165) is 53.4 Å². The highest BCUT2D eigenvalue weighted by molar-refractivity contribution is 6.04. The summed E-state index contributed by atoms with van der Waals surface area (Å²) in [5.41, 5.74) is 5.43. The van der Waals surface area contributed by atoms with E-state index in [0.29, 0.717) is 11.6 Å². The van der Waals surface area contributed by atoms with Crippen molar-refractivity contribution in [3.05, 3.63) is 66.7 Å². The Balaban J connectivity index is 1.33. The zero-order chi connectivity index (χ0) is 23.2. The number of pyridine rings is 3. The number of amides is 2. The summed E-state index contributed by atoms with van der Waals surface area (Å²) in [4.78, 5) is 31.3. The average molecular weight is 453 g/mol. The van der Waals surface area contributed by atoms with E-state index >= 15 is 0 Å². The maximum absolute atomic E-state index is 13.6. The third-order valence-electron chi connectivity index (χ3n) is 6.37. The Bertz CT molecular complexity index is 1400. The lowest BCUT2D eigenvalue weighted by Gasteiger charge is -2.35. The van der Waals surface area contributed by atoms with Crippen LogP contribution < -0.4 is 15.1 Å². The SMILES string of the molecule is Cc1cc(-c2ccc3c(n2)N(C(=O)Nc2cc(-c4ccn(C)n4)ccn2)C2CCN3C2)ccn1. The molecule has 0 radical (unpaired) electrons. The largest absolute Gasteiger partial charge is 0.366 e. The predicted octanol–water partition coefficient (Wildman–Crippen LogP) is 3.88. The Kier molecular flexibility index (Phi) is 4.75. The first-order valence-corrected chi connectivity index (χ1v) is 11.3. The van der Waals surface area contributed by atoms with Gasteiger partial charge in [0, 0.05) is 55.5 Å². The lowest BCUT2D eigenvalue weighted by molar-refractivity contribution is 0.254. The molecule has 2 amide bonds. The van der Waals surface area contributed by atoms with Crippen LogP contribution in [0.3, 0.4) is 0 Å². The molecule has 170 valence electrons. The molecule has 1 unspecified atom stereocenters. The lowest BCUT2D eigenvalue weighted by atomic mass is 10.1. The highest BCUT2D eigenvalue weighted by atomic mass is 16.2. The number of urea groups is 1. The Labute approximate surface area is 197 Å². The molecular weight excluding hydrogens is 428 g/mol. The van der Waals surface area contributed by atoms with E-state index in [4.69, 9.17) is 4.98 Å². The van der Waals surface area contributed by atoms with Crippen LogP contribution in [0.4, 0.5) is 22.1 Å². The first-order valence-electron chi connectivity index (χ1n) is 11.3. The van der Waals surface area contributed by atoms with E-state index in [1.165, 1.54) is 0 Å². The summed E-state index contributed by atoms with van der Waals surface area (Å²) in [6, 6.07) is 13.5. The molecule has 0 aliphatic carbocycles. The van der Waals surface area contributed by atoms with Crippen molar-refractivity contribution in [3.8, 4) is 22.5 Å². The molecule has 6 rings (SSSR count). The van der Waals surface area contributed by atoms with Gasteiger partial charge in [0.2, 0.25) is 0 Å². The van der Waals surface area contributed by atoms with Crippen LogP contribution in [0.5, 0.6) is 0 Å². The number of hydrogen-bond donors (Lipinski definition) is 1. The van der Waals surface area contributed by atoms with Crippen LogP contribution in [-0.2, 0) is 7.05 Å². The maximum Gasteiger partial charge on any atom is 0.329 e. The monoisotopic (exact) mass is 452 g/mol. The second kappa shape index (κ2) is 7.95. The van der Waals surface area contributed by atoms with Gasteiger partial charge in [0.15, 0.2) is 5.82 Å². The van der Waals surface area contributed by atoms with Crippen LogP contribution in [-0.4, -0.2) is 49.9 Å². The predicted molar refractivity (Wildman–Crippen MR) is 131 cm³/mol. The molecule has 2 bridgehead atoms. The number of carbonyl (C=O) groups excluding carboxylic acids is 1. The number of anilines is 3. The van der Waals surface area contributed by atoms with Crippen LogP contribution >= 0.6 is 0 Å². The average Bonchev–Trinajstić information content (AvgIpc) is 3.46. The minimum Gasteiger partial charge on any atom is -0.366 e. The first kappa shape index (κ1) is 20.3. The number of aromatic nitrogens is 5. The van der Waals surface area contributed by atoms with Gasteiger partial charge in [0.05, 0.1) is 23.1 Å². The van der Waals surface area contributed by atoms with Gasteiger partial charge in [-0.1, -0.05) is 0 Å². The summed E-state index contributed by atoms with van der Waals surface area (Å²) in [7, 11) is 1.88. The molecule has 1 atom stereocenters. The van der Waals surface area contributed by atoms with Crippen LogP contribution in [0.15, 0.2) is 61.1 Å². The van der Waals surface area contributed by atoms with Crippen molar-refractivity contribution in [2.45, 2.75) is 19.4 Å². The normalized spacial score (nSPS) is 16.5. The smallest absolute Gasteiger partial charge is 0.329 e. The molecule has 0 spiro atoms. The van der Waals surface area contributed by atoms with Gasteiger partial charge >= 0.3 is 6.03 Å². The summed E-state index contributed by atoms with van der Waals surface area (Å²) < 4.78 is 1.75. The molecule has 4 aromatic heterocycles. The van der Waals surface area contributed by atoms with Crippen molar-refractivity contribution in [2.75, 3.05) is 28.2 Å². The molecule has 6 heterocycles. The summed E-state index contributed by atoms with van der Waals surface area (Å²) in [5.74, 6) is 1.16. The van der Waals surface area contributed by atoms with Gasteiger partial charge < -0.3 is 4.90 Å². The van der Waals surface area contributed by atoms with Crippen molar-refractivity contribution in [1.29, 1.82) is 0 Å². The Morgan fingerprint density at radius 3 is 2.65 bits per heavy atom. The fourth-order valence-electron chi connectivity index (χ4n) is 4.73. The van der Waals surface area contributed by atoms with Gasteiger partial charge in [0.25, 0.3) is 0 Å². The highest BCUT2D eigenvalue weighted by Gasteiger charge is 2.40. The second-order valence-corrected chi connectivity index (χ2v) is 8.72. The van der Waals surface area contributed by atoms with Crippen LogP contribution in [0.2, 0.25) is 0 Å². The minimum atomic E-state index is -0.228. The number of carbonyl (C=O) groups is 1. The summed E-state index contributed by atoms with van der Waals surface area (Å²) >= 11 is 0. The van der Waals surface area contributed by atoms with Crippen molar-refractivity contribution in [1.82, 2.24) is 24.7 Å². The van der Waals surface area contributed by atoms with Crippen LogP contribution in [0.25, 0.3) is 22.5 Å². The topological polar surface area (TPSA) is 92.1 Å². The number of nitrogens with one attached hydrogen (secondary N) is 1. The van der Waals surface area contributed by atoms with E-state index in [2.05, 4.69) is 31.3 Å². The standard InChI is InChI=1S/C25H24N8O/c1-16-13-17(5-9-26-16)20-3-4-22-24(28-20)33(19-7-12-32(22)15-19)25(34)29-23-14-18(6-10-27-23)21-8-11-31(2)30-21/h3-6,8-11,13-14,19H,7,12,15H2,1-2H3,(H,27,29,34). The molecule has 1 N–H and O–H groups in total. The summed E-state index contributed by atoms with van der Waals surface area (Å²) in [6.07, 6.45) is 6.25. The fourth-order valence-corrected chi connectivity index (χ4v) is 4.73. The molecule has 0 saturated carbocycles. The van der Waals surface area contributed by atoms with Crippen LogP contribution in [0, 0.1) is 6.92 Å². The van der Waals surface area contributed by atoms with Crippen molar-refractivity contribution < 1.29 is 4.79 Å². The minimum absolute atomic E-state index is 0.0633. The fraction of sp³-hybridized carbons (Fsp3) is 0.240. The first-order chi connectivity index (χ1) is 16.5. The zero-order valence-electron chi connectivity index (χ0n) is 19.0. The van der Waals surface area contributed by atoms with E-state index in [1.54, 1.807) is 22.0 Å².